The predicted molar refractivity (Wildman–Crippen MR) is 81.8 cm³/mol. The van der Waals surface area contributed by atoms with Crippen molar-refractivity contribution in [2.75, 3.05) is 26.2 Å². The quantitative estimate of drug-likeness (QED) is 0.896. The minimum absolute atomic E-state index is 0.414. The molecule has 3 heteroatoms. The molecule has 0 unspecified atom stereocenters. The van der Waals surface area contributed by atoms with Gasteiger partial charge < -0.3 is 10.5 Å². The maximum Gasteiger partial charge on any atom is 0.0597 e. The zero-order valence-corrected chi connectivity index (χ0v) is 12.2. The summed E-state index contributed by atoms with van der Waals surface area (Å²) in [5.41, 5.74) is 7.39. The van der Waals surface area contributed by atoms with E-state index in [9.17, 15) is 0 Å². The van der Waals surface area contributed by atoms with E-state index in [4.69, 9.17) is 10.5 Å². The van der Waals surface area contributed by atoms with Gasteiger partial charge in [0.2, 0.25) is 0 Å². The fourth-order valence-corrected chi connectivity index (χ4v) is 3.29. The first-order valence-electron chi connectivity index (χ1n) is 7.96. The van der Waals surface area contributed by atoms with Crippen molar-refractivity contribution in [1.29, 1.82) is 0 Å². The second-order valence-electron chi connectivity index (χ2n) is 6.27. The van der Waals surface area contributed by atoms with Crippen molar-refractivity contribution in [3.8, 4) is 0 Å². The molecule has 3 rings (SSSR count). The van der Waals surface area contributed by atoms with Crippen LogP contribution in [0.1, 0.15) is 37.2 Å². The van der Waals surface area contributed by atoms with E-state index in [1.807, 2.05) is 0 Å². The Morgan fingerprint density at radius 2 is 1.75 bits per heavy atom. The lowest BCUT2D eigenvalue weighted by atomic mass is 9.91. The largest absolute Gasteiger partial charge is 0.377 e. The van der Waals surface area contributed by atoms with Gasteiger partial charge in [-0.15, -0.1) is 0 Å². The fraction of sp³-hybridized carbons (Fsp3) is 0.647. The molecule has 0 atom stereocenters. The minimum atomic E-state index is 0.414. The summed E-state index contributed by atoms with van der Waals surface area (Å²) in [6, 6.07) is 11.2. The maximum absolute atomic E-state index is 5.98. The van der Waals surface area contributed by atoms with Gasteiger partial charge in [-0.3, -0.25) is 4.90 Å². The van der Waals surface area contributed by atoms with E-state index in [-0.39, 0.29) is 0 Å². The smallest absolute Gasteiger partial charge is 0.0597 e. The topological polar surface area (TPSA) is 38.5 Å². The summed E-state index contributed by atoms with van der Waals surface area (Å²) in [7, 11) is 0. The Kier molecular flexibility index (Phi) is 4.71. The Hall–Kier alpha value is -0.900. The number of benzene rings is 1. The number of rotatable bonds is 5. The predicted octanol–water partition coefficient (Wildman–Crippen LogP) is 2.37. The number of nitrogens with two attached hydrogens (primary N) is 1. The highest BCUT2D eigenvalue weighted by Gasteiger charge is 2.27. The number of likely N-dealkylation sites (tertiary alicyclic amines) is 1. The van der Waals surface area contributed by atoms with Crippen molar-refractivity contribution in [2.24, 2.45) is 5.73 Å². The third-order valence-electron chi connectivity index (χ3n) is 4.71. The van der Waals surface area contributed by atoms with Crippen LogP contribution in [0.15, 0.2) is 30.3 Å². The Balaban J connectivity index is 1.30. The van der Waals surface area contributed by atoms with Crippen LogP contribution in [0.25, 0.3) is 0 Å². The van der Waals surface area contributed by atoms with Crippen LogP contribution in [-0.4, -0.2) is 43.3 Å². The van der Waals surface area contributed by atoms with Crippen LogP contribution in [-0.2, 0) is 4.74 Å². The lowest BCUT2D eigenvalue weighted by Crippen LogP contribution is -2.46. The molecule has 2 aliphatic rings. The number of nitrogens with zero attached hydrogens (tertiary/aromatic N) is 1. The average Bonchev–Trinajstić information content (AvgIpc) is 2.44. The number of hydrogen-bond donors (Lipinski definition) is 1. The van der Waals surface area contributed by atoms with Crippen molar-refractivity contribution in [2.45, 2.75) is 43.7 Å². The highest BCUT2D eigenvalue weighted by atomic mass is 16.5. The molecule has 110 valence electrons. The van der Waals surface area contributed by atoms with E-state index in [2.05, 4.69) is 35.2 Å². The molecule has 0 amide bonds. The van der Waals surface area contributed by atoms with Crippen LogP contribution in [0.2, 0.25) is 0 Å². The Bertz CT molecular complexity index is 395. The van der Waals surface area contributed by atoms with E-state index >= 15 is 0 Å². The van der Waals surface area contributed by atoms with Gasteiger partial charge in [-0.05, 0) is 31.2 Å². The van der Waals surface area contributed by atoms with Gasteiger partial charge in [-0.1, -0.05) is 30.3 Å². The van der Waals surface area contributed by atoms with Crippen molar-refractivity contribution < 1.29 is 4.74 Å². The first-order chi connectivity index (χ1) is 9.81. The molecular formula is C17H26N2O. The molecule has 1 aromatic rings. The van der Waals surface area contributed by atoms with Gasteiger partial charge in [-0.2, -0.15) is 0 Å². The van der Waals surface area contributed by atoms with Gasteiger partial charge in [0, 0.05) is 31.6 Å². The second kappa shape index (κ2) is 6.70. The van der Waals surface area contributed by atoms with Gasteiger partial charge in [0.05, 0.1) is 12.7 Å². The van der Waals surface area contributed by atoms with E-state index in [0.29, 0.717) is 12.1 Å². The lowest BCUT2D eigenvalue weighted by molar-refractivity contribution is 0.00206. The van der Waals surface area contributed by atoms with Crippen molar-refractivity contribution in [1.82, 2.24) is 4.90 Å². The molecule has 1 aromatic carbocycles. The SMILES string of the molecule is NC1CCC(OCCN2CC(c3ccccc3)C2)CC1. The normalized spacial score (nSPS) is 28.2. The molecule has 1 saturated heterocycles. The molecule has 2 N–H and O–H groups in total. The van der Waals surface area contributed by atoms with Gasteiger partial charge in [-0.25, -0.2) is 0 Å². The van der Waals surface area contributed by atoms with Crippen LogP contribution >= 0.6 is 0 Å². The Morgan fingerprint density at radius 3 is 2.45 bits per heavy atom. The molecule has 2 fully saturated rings. The molecule has 20 heavy (non-hydrogen) atoms. The van der Waals surface area contributed by atoms with Crippen LogP contribution < -0.4 is 5.73 Å². The molecule has 1 aliphatic carbocycles. The van der Waals surface area contributed by atoms with Crippen molar-refractivity contribution in [3.05, 3.63) is 35.9 Å². The van der Waals surface area contributed by atoms with E-state index in [1.54, 1.807) is 0 Å². The second-order valence-corrected chi connectivity index (χ2v) is 6.27. The van der Waals surface area contributed by atoms with Gasteiger partial charge in [0.1, 0.15) is 0 Å². The maximum atomic E-state index is 5.98. The van der Waals surface area contributed by atoms with Gasteiger partial charge in [0.25, 0.3) is 0 Å². The van der Waals surface area contributed by atoms with Crippen LogP contribution in [0.4, 0.5) is 0 Å². The molecule has 1 heterocycles. The van der Waals surface area contributed by atoms with Crippen molar-refractivity contribution >= 4 is 0 Å². The van der Waals surface area contributed by atoms with Crippen LogP contribution in [0.5, 0.6) is 0 Å². The standard InChI is InChI=1S/C17H26N2O/c18-16-6-8-17(9-7-16)20-11-10-19-12-15(13-19)14-4-2-1-3-5-14/h1-5,15-17H,6-13,18H2. The summed E-state index contributed by atoms with van der Waals surface area (Å²) in [4.78, 5) is 2.49. The summed E-state index contributed by atoms with van der Waals surface area (Å²) >= 11 is 0. The van der Waals surface area contributed by atoms with Gasteiger partial charge >= 0.3 is 0 Å². The van der Waals surface area contributed by atoms with Gasteiger partial charge in [0.15, 0.2) is 0 Å². The molecule has 1 saturated carbocycles. The highest BCUT2D eigenvalue weighted by Crippen LogP contribution is 2.26. The zero-order valence-electron chi connectivity index (χ0n) is 12.2. The third kappa shape index (κ3) is 3.60. The number of hydrogen-bond acceptors (Lipinski definition) is 3. The van der Waals surface area contributed by atoms with E-state index in [0.717, 1.165) is 44.8 Å². The first kappa shape index (κ1) is 14.1. The molecule has 0 spiro atoms. The Labute approximate surface area is 122 Å². The molecular weight excluding hydrogens is 248 g/mol. The minimum Gasteiger partial charge on any atom is -0.377 e. The highest BCUT2D eigenvalue weighted by molar-refractivity contribution is 5.22. The van der Waals surface area contributed by atoms with E-state index in [1.165, 1.54) is 18.7 Å². The molecule has 0 aromatic heterocycles. The third-order valence-corrected chi connectivity index (χ3v) is 4.71. The fourth-order valence-electron chi connectivity index (χ4n) is 3.29. The summed E-state index contributed by atoms with van der Waals surface area (Å²) in [6.45, 7) is 4.32. The lowest BCUT2D eigenvalue weighted by Gasteiger charge is -2.40. The summed E-state index contributed by atoms with van der Waals surface area (Å²) in [6.07, 6.45) is 5.01. The molecule has 3 nitrogen and oxygen atoms in total. The van der Waals surface area contributed by atoms with Crippen molar-refractivity contribution in [3.63, 3.8) is 0 Å². The monoisotopic (exact) mass is 274 g/mol. The number of ether oxygens (including phenoxy) is 1. The van der Waals surface area contributed by atoms with Crippen LogP contribution in [0.3, 0.4) is 0 Å². The van der Waals surface area contributed by atoms with E-state index < -0.39 is 0 Å². The molecule has 0 bridgehead atoms. The molecule has 0 radical (unpaired) electrons. The Morgan fingerprint density at radius 1 is 1.05 bits per heavy atom. The average molecular weight is 274 g/mol. The van der Waals surface area contributed by atoms with Crippen LogP contribution in [0, 0.1) is 0 Å². The summed E-state index contributed by atoms with van der Waals surface area (Å²) in [5, 5.41) is 0. The summed E-state index contributed by atoms with van der Waals surface area (Å²) < 4.78 is 5.98. The zero-order chi connectivity index (χ0) is 13.8. The molecule has 1 aliphatic heterocycles. The first-order valence-corrected chi connectivity index (χ1v) is 7.96. The summed E-state index contributed by atoms with van der Waals surface area (Å²) in [5.74, 6) is 0.726.